The molecule has 0 atom stereocenters. The third kappa shape index (κ3) is 2.97. The van der Waals surface area contributed by atoms with Crippen molar-refractivity contribution in [3.05, 3.63) is 61.2 Å². The second kappa shape index (κ2) is 5.19. The molecule has 0 spiro atoms. The Morgan fingerprint density at radius 3 is 2.84 bits per heavy atom. The molecule has 2 aromatic heterocycles. The molecule has 98 valence electrons. The van der Waals surface area contributed by atoms with Crippen molar-refractivity contribution in [2.45, 2.75) is 6.54 Å². The van der Waals surface area contributed by atoms with E-state index >= 15 is 0 Å². The molecular weight excluding hydrogens is 316 g/mol. The van der Waals surface area contributed by atoms with E-state index in [2.05, 4.69) is 20.9 Å². The van der Waals surface area contributed by atoms with E-state index in [1.54, 1.807) is 12.1 Å². The molecule has 0 radical (unpaired) electrons. The van der Waals surface area contributed by atoms with E-state index in [0.717, 1.165) is 0 Å². The van der Waals surface area contributed by atoms with Crippen molar-refractivity contribution in [1.82, 2.24) is 9.55 Å². The van der Waals surface area contributed by atoms with Crippen LogP contribution in [0, 0.1) is 10.1 Å². The molecule has 0 aliphatic rings. The van der Waals surface area contributed by atoms with Crippen LogP contribution in [0.15, 0.2) is 39.9 Å². The summed E-state index contributed by atoms with van der Waals surface area (Å²) >= 11 is 3.01. The van der Waals surface area contributed by atoms with Crippen molar-refractivity contribution in [1.29, 1.82) is 0 Å². The third-order valence-electron chi connectivity index (χ3n) is 2.41. The quantitative estimate of drug-likeness (QED) is 0.681. The molecule has 2 rings (SSSR count). The van der Waals surface area contributed by atoms with Gasteiger partial charge >= 0.3 is 0 Å². The maximum Gasteiger partial charge on any atom is 0.286 e. The number of nitro groups is 1. The van der Waals surface area contributed by atoms with E-state index in [-0.39, 0.29) is 22.3 Å². The Hall–Kier alpha value is -2.22. The molecule has 8 heteroatoms. The van der Waals surface area contributed by atoms with Crippen LogP contribution in [-0.4, -0.2) is 14.5 Å². The highest BCUT2D eigenvalue weighted by Crippen LogP contribution is 2.15. The summed E-state index contributed by atoms with van der Waals surface area (Å²) in [5.41, 5.74) is 6.14. The van der Waals surface area contributed by atoms with Crippen LogP contribution in [0.1, 0.15) is 5.69 Å². The Labute approximate surface area is 116 Å². The van der Waals surface area contributed by atoms with E-state index in [0.29, 0.717) is 11.4 Å². The zero-order chi connectivity index (χ0) is 14.0. The van der Waals surface area contributed by atoms with E-state index in [4.69, 9.17) is 5.73 Å². The van der Waals surface area contributed by atoms with Crippen LogP contribution in [0.2, 0.25) is 0 Å². The molecule has 2 heterocycles. The SMILES string of the molecule is Nc1ccnc(Cn2cc([N+](=O)[O-])cc(Br)c2=O)c1. The molecule has 0 aliphatic heterocycles. The zero-order valence-electron chi connectivity index (χ0n) is 9.62. The van der Waals surface area contributed by atoms with Crippen LogP contribution < -0.4 is 11.3 Å². The van der Waals surface area contributed by atoms with Gasteiger partial charge in [-0.1, -0.05) is 0 Å². The van der Waals surface area contributed by atoms with Gasteiger partial charge in [-0.3, -0.25) is 19.9 Å². The monoisotopic (exact) mass is 324 g/mol. The third-order valence-corrected chi connectivity index (χ3v) is 2.98. The summed E-state index contributed by atoms with van der Waals surface area (Å²) in [5.74, 6) is 0. The lowest BCUT2D eigenvalue weighted by Gasteiger charge is -2.06. The Bertz CT molecular complexity index is 699. The molecule has 19 heavy (non-hydrogen) atoms. The summed E-state index contributed by atoms with van der Waals surface area (Å²) in [6.07, 6.45) is 2.69. The van der Waals surface area contributed by atoms with Crippen molar-refractivity contribution >= 4 is 27.3 Å². The highest BCUT2D eigenvalue weighted by atomic mass is 79.9. The summed E-state index contributed by atoms with van der Waals surface area (Å²) in [6, 6.07) is 4.40. The summed E-state index contributed by atoms with van der Waals surface area (Å²) < 4.78 is 1.34. The molecule has 0 saturated heterocycles. The van der Waals surface area contributed by atoms with Gasteiger partial charge in [0, 0.05) is 18.0 Å². The Morgan fingerprint density at radius 2 is 2.21 bits per heavy atom. The lowest BCUT2D eigenvalue weighted by atomic mass is 10.3. The molecule has 2 N–H and O–H groups in total. The van der Waals surface area contributed by atoms with Crippen LogP contribution in [0.4, 0.5) is 11.4 Å². The summed E-state index contributed by atoms with van der Waals surface area (Å²) in [4.78, 5) is 26.1. The average molecular weight is 325 g/mol. The number of aromatic nitrogens is 2. The first-order valence-electron chi connectivity index (χ1n) is 5.22. The van der Waals surface area contributed by atoms with Crippen molar-refractivity contribution in [2.24, 2.45) is 0 Å². The number of rotatable bonds is 3. The number of hydrogen-bond donors (Lipinski definition) is 1. The fourth-order valence-corrected chi connectivity index (χ4v) is 2.02. The minimum atomic E-state index is -0.562. The first-order valence-corrected chi connectivity index (χ1v) is 6.01. The van der Waals surface area contributed by atoms with Gasteiger partial charge in [0.05, 0.1) is 27.8 Å². The minimum absolute atomic E-state index is 0.115. The number of pyridine rings is 2. The fourth-order valence-electron chi connectivity index (χ4n) is 1.56. The van der Waals surface area contributed by atoms with Crippen molar-refractivity contribution in [3.63, 3.8) is 0 Å². The van der Waals surface area contributed by atoms with E-state index in [1.807, 2.05) is 0 Å². The van der Waals surface area contributed by atoms with E-state index in [1.165, 1.54) is 23.0 Å². The van der Waals surface area contributed by atoms with Gasteiger partial charge in [-0.05, 0) is 28.1 Å². The lowest BCUT2D eigenvalue weighted by molar-refractivity contribution is -0.385. The van der Waals surface area contributed by atoms with Gasteiger partial charge < -0.3 is 10.3 Å². The maximum absolute atomic E-state index is 11.9. The minimum Gasteiger partial charge on any atom is -0.399 e. The first-order chi connectivity index (χ1) is 8.97. The summed E-state index contributed by atoms with van der Waals surface area (Å²) in [7, 11) is 0. The van der Waals surface area contributed by atoms with E-state index < -0.39 is 4.92 Å². The number of halogens is 1. The smallest absolute Gasteiger partial charge is 0.286 e. The van der Waals surface area contributed by atoms with Crippen LogP contribution >= 0.6 is 15.9 Å². The average Bonchev–Trinajstić information content (AvgIpc) is 2.34. The number of nitrogens with two attached hydrogens (primary N) is 1. The highest BCUT2D eigenvalue weighted by Gasteiger charge is 2.12. The molecule has 2 aromatic rings. The fraction of sp³-hybridized carbons (Fsp3) is 0.0909. The number of nitrogen functional groups attached to an aromatic ring is 1. The first kappa shape index (κ1) is 13.2. The van der Waals surface area contributed by atoms with Crippen molar-refractivity contribution in [2.75, 3.05) is 5.73 Å². The largest absolute Gasteiger partial charge is 0.399 e. The van der Waals surface area contributed by atoms with Gasteiger partial charge in [0.25, 0.3) is 11.2 Å². The van der Waals surface area contributed by atoms with Crippen molar-refractivity contribution < 1.29 is 4.92 Å². The summed E-state index contributed by atoms with van der Waals surface area (Å²) in [5, 5.41) is 10.8. The molecule has 0 bridgehead atoms. The van der Waals surface area contributed by atoms with Gasteiger partial charge in [0.1, 0.15) is 0 Å². The van der Waals surface area contributed by atoms with E-state index in [9.17, 15) is 14.9 Å². The van der Waals surface area contributed by atoms with Crippen LogP contribution in [-0.2, 0) is 6.54 Å². The molecule has 0 aliphatic carbocycles. The van der Waals surface area contributed by atoms with Gasteiger partial charge in [-0.2, -0.15) is 0 Å². The molecule has 0 fully saturated rings. The van der Waals surface area contributed by atoms with Crippen LogP contribution in [0.5, 0.6) is 0 Å². The van der Waals surface area contributed by atoms with Gasteiger partial charge in [-0.25, -0.2) is 0 Å². The summed E-state index contributed by atoms with van der Waals surface area (Å²) in [6.45, 7) is 0.115. The highest BCUT2D eigenvalue weighted by molar-refractivity contribution is 9.10. The molecule has 7 nitrogen and oxygen atoms in total. The molecule has 0 amide bonds. The van der Waals surface area contributed by atoms with Crippen LogP contribution in [0.3, 0.4) is 0 Å². The number of hydrogen-bond acceptors (Lipinski definition) is 5. The molecule has 0 unspecified atom stereocenters. The Morgan fingerprint density at radius 1 is 1.47 bits per heavy atom. The standard InChI is InChI=1S/C11H9BrN4O3/c12-10-4-9(16(18)19)6-15(11(10)17)5-8-3-7(13)1-2-14-8/h1-4,6H,5H2,(H2,13,14). The normalized spacial score (nSPS) is 10.4. The molecule has 0 saturated carbocycles. The molecule has 0 aromatic carbocycles. The van der Waals surface area contributed by atoms with Crippen molar-refractivity contribution in [3.8, 4) is 0 Å². The number of nitrogens with zero attached hydrogens (tertiary/aromatic N) is 3. The maximum atomic E-state index is 11.9. The Kier molecular flexibility index (Phi) is 3.61. The number of anilines is 1. The lowest BCUT2D eigenvalue weighted by Crippen LogP contribution is -2.21. The zero-order valence-corrected chi connectivity index (χ0v) is 11.2. The second-order valence-electron chi connectivity index (χ2n) is 3.82. The molecular formula is C11H9BrN4O3. The predicted molar refractivity (Wildman–Crippen MR) is 72.8 cm³/mol. The predicted octanol–water partition coefficient (Wildman–Crippen LogP) is 1.54. The van der Waals surface area contributed by atoms with Gasteiger partial charge in [-0.15, -0.1) is 0 Å². The second-order valence-corrected chi connectivity index (χ2v) is 4.67. The van der Waals surface area contributed by atoms with Crippen LogP contribution in [0.25, 0.3) is 0 Å². The van der Waals surface area contributed by atoms with Gasteiger partial charge in [0.15, 0.2) is 0 Å². The Balaban J connectivity index is 2.45. The van der Waals surface area contributed by atoms with Gasteiger partial charge in [0.2, 0.25) is 0 Å². The topological polar surface area (TPSA) is 104 Å².